The van der Waals surface area contributed by atoms with Gasteiger partial charge in [-0.3, -0.25) is 53.2 Å². The van der Waals surface area contributed by atoms with Crippen LogP contribution in [0.4, 0.5) is 0 Å². The predicted molar refractivity (Wildman–Crippen MR) is 215 cm³/mol. The zero-order chi connectivity index (χ0) is 42.5. The van der Waals surface area contributed by atoms with Crippen LogP contribution in [0.25, 0.3) is 0 Å². The third kappa shape index (κ3) is 19.0. The molecule has 0 radical (unpaired) electrons. The molecule has 318 valence electrons. The fourth-order valence-electron chi connectivity index (χ4n) is 6.31. The minimum atomic E-state index is -1.19. The van der Waals surface area contributed by atoms with Gasteiger partial charge in [0.25, 0.3) is 5.91 Å². The second-order valence-electron chi connectivity index (χ2n) is 14.0. The lowest BCUT2D eigenvalue weighted by Gasteiger charge is -2.35. The standard InChI is InChI=1S/C39H54BrN7O11/c40-31-10-6-29(7-11-31)24-42-33(48)3-1-2-14-41-38(56)30-8-4-28(5-9-30)23-43-34(49)13-12-32(39(57)58)47-21-19-45(26-36(52)53)17-15-44(25-35(50)51)16-18-46(20-22-47)27-37(54)55/h4-11,32H,1-3,12-27H2,(H,41,56)(H,42,48)(H,43,49)(H,50,51)(H,52,53)(H,54,55)(H,57,58). The van der Waals surface area contributed by atoms with Crippen molar-refractivity contribution in [2.75, 3.05) is 78.5 Å². The zero-order valence-corrected chi connectivity index (χ0v) is 34.0. The van der Waals surface area contributed by atoms with Crippen molar-refractivity contribution in [2.24, 2.45) is 0 Å². The Bertz CT molecular complexity index is 1650. The van der Waals surface area contributed by atoms with E-state index in [1.165, 1.54) is 0 Å². The molecule has 1 unspecified atom stereocenters. The molecule has 7 N–H and O–H groups in total. The summed E-state index contributed by atoms with van der Waals surface area (Å²) in [4.78, 5) is 91.2. The molecule has 1 aliphatic heterocycles. The molecule has 19 heteroatoms. The highest BCUT2D eigenvalue weighted by atomic mass is 79.9. The van der Waals surface area contributed by atoms with E-state index >= 15 is 0 Å². The van der Waals surface area contributed by atoms with Gasteiger partial charge in [0.05, 0.1) is 19.6 Å². The summed E-state index contributed by atoms with van der Waals surface area (Å²) >= 11 is 3.38. The number of rotatable bonds is 21. The highest BCUT2D eigenvalue weighted by molar-refractivity contribution is 9.10. The molecule has 0 aromatic heterocycles. The van der Waals surface area contributed by atoms with Gasteiger partial charge in [0, 0.05) is 94.9 Å². The monoisotopic (exact) mass is 875 g/mol. The zero-order valence-electron chi connectivity index (χ0n) is 32.4. The first-order valence-electron chi connectivity index (χ1n) is 19.1. The topological polar surface area (TPSA) is 249 Å². The van der Waals surface area contributed by atoms with E-state index in [9.17, 15) is 54.0 Å². The Morgan fingerprint density at radius 3 is 1.45 bits per heavy atom. The maximum atomic E-state index is 12.9. The van der Waals surface area contributed by atoms with Gasteiger partial charge >= 0.3 is 23.9 Å². The number of carboxylic acids is 4. The molecule has 1 aliphatic rings. The molecule has 58 heavy (non-hydrogen) atoms. The predicted octanol–water partition coefficient (Wildman–Crippen LogP) is 0.991. The minimum Gasteiger partial charge on any atom is -0.480 e. The van der Waals surface area contributed by atoms with E-state index in [1.54, 1.807) is 43.9 Å². The summed E-state index contributed by atoms with van der Waals surface area (Å²) in [5.41, 5.74) is 2.15. The number of carbonyl (C=O) groups is 7. The van der Waals surface area contributed by atoms with Crippen molar-refractivity contribution in [3.8, 4) is 0 Å². The van der Waals surface area contributed by atoms with Crippen LogP contribution < -0.4 is 16.0 Å². The summed E-state index contributed by atoms with van der Waals surface area (Å²) in [6, 6.07) is 13.2. The van der Waals surface area contributed by atoms with E-state index in [2.05, 4.69) is 31.9 Å². The lowest BCUT2D eigenvalue weighted by molar-refractivity contribution is -0.145. The van der Waals surface area contributed by atoms with Crippen molar-refractivity contribution >= 4 is 57.5 Å². The Labute approximate surface area is 345 Å². The van der Waals surface area contributed by atoms with E-state index in [1.807, 2.05) is 24.3 Å². The molecule has 1 atom stereocenters. The Morgan fingerprint density at radius 1 is 0.569 bits per heavy atom. The number of halogens is 1. The summed E-state index contributed by atoms with van der Waals surface area (Å²) in [5, 5.41) is 47.0. The van der Waals surface area contributed by atoms with Crippen LogP contribution in [0, 0.1) is 0 Å². The van der Waals surface area contributed by atoms with E-state index in [0.29, 0.717) is 37.9 Å². The first kappa shape index (κ1) is 47.4. The van der Waals surface area contributed by atoms with Gasteiger partial charge in [0.15, 0.2) is 0 Å². The van der Waals surface area contributed by atoms with E-state index in [4.69, 9.17) is 0 Å². The molecule has 0 aliphatic carbocycles. The summed E-state index contributed by atoms with van der Waals surface area (Å²) in [6.45, 7) is 1.28. The molecule has 2 aromatic rings. The van der Waals surface area contributed by atoms with Crippen molar-refractivity contribution in [1.29, 1.82) is 0 Å². The summed E-state index contributed by atoms with van der Waals surface area (Å²) in [7, 11) is 0. The average molecular weight is 877 g/mol. The SMILES string of the molecule is O=C(O)CN1CCN(CC(=O)O)CCN(C(CCC(=O)NCc2ccc(C(=O)NCCCCC(=O)NCc3ccc(Br)cc3)cc2)C(=O)O)CCN(CC(=O)O)CC1. The van der Waals surface area contributed by atoms with E-state index < -0.39 is 35.8 Å². The molecule has 2 aromatic carbocycles. The molecule has 0 bridgehead atoms. The van der Waals surface area contributed by atoms with Crippen molar-refractivity contribution in [1.82, 2.24) is 35.6 Å². The van der Waals surface area contributed by atoms with Gasteiger partial charge in [0.1, 0.15) is 6.04 Å². The average Bonchev–Trinajstić information content (AvgIpc) is 3.16. The van der Waals surface area contributed by atoms with Gasteiger partial charge in [-0.2, -0.15) is 0 Å². The lowest BCUT2D eigenvalue weighted by atomic mass is 10.1. The van der Waals surface area contributed by atoms with E-state index in [-0.39, 0.29) is 103 Å². The number of benzene rings is 2. The van der Waals surface area contributed by atoms with Crippen LogP contribution in [-0.4, -0.2) is 166 Å². The molecule has 0 spiro atoms. The van der Waals surface area contributed by atoms with Gasteiger partial charge in [-0.05, 0) is 54.7 Å². The molecule has 1 fully saturated rings. The van der Waals surface area contributed by atoms with Crippen LogP contribution in [0.15, 0.2) is 53.0 Å². The number of unbranched alkanes of at least 4 members (excludes halogenated alkanes) is 1. The van der Waals surface area contributed by atoms with Crippen LogP contribution in [0.1, 0.15) is 53.6 Å². The van der Waals surface area contributed by atoms with Crippen molar-refractivity contribution in [2.45, 2.75) is 51.2 Å². The molecule has 0 saturated carbocycles. The van der Waals surface area contributed by atoms with Gasteiger partial charge in [-0.25, -0.2) is 0 Å². The normalized spacial score (nSPS) is 15.6. The maximum Gasteiger partial charge on any atom is 0.320 e. The smallest absolute Gasteiger partial charge is 0.320 e. The van der Waals surface area contributed by atoms with Crippen LogP contribution in [-0.2, 0) is 41.9 Å². The van der Waals surface area contributed by atoms with Gasteiger partial charge in [-0.15, -0.1) is 0 Å². The van der Waals surface area contributed by atoms with Crippen LogP contribution in [0.2, 0.25) is 0 Å². The quantitative estimate of drug-likeness (QED) is 0.0865. The number of nitrogens with zero attached hydrogens (tertiary/aromatic N) is 4. The summed E-state index contributed by atoms with van der Waals surface area (Å²) in [5.74, 6) is -5.19. The molecule has 1 heterocycles. The van der Waals surface area contributed by atoms with Crippen molar-refractivity contribution in [3.63, 3.8) is 0 Å². The Hall–Kier alpha value is -4.95. The number of hydrogen-bond donors (Lipinski definition) is 7. The summed E-state index contributed by atoms with van der Waals surface area (Å²) < 4.78 is 0.967. The Morgan fingerprint density at radius 2 is 1.00 bits per heavy atom. The molecule has 18 nitrogen and oxygen atoms in total. The third-order valence-electron chi connectivity index (χ3n) is 9.54. The fraction of sp³-hybridized carbons (Fsp3) is 0.513. The van der Waals surface area contributed by atoms with E-state index in [0.717, 1.165) is 15.6 Å². The van der Waals surface area contributed by atoms with Crippen LogP contribution >= 0.6 is 15.9 Å². The number of amides is 3. The van der Waals surface area contributed by atoms with Crippen molar-refractivity contribution < 1.29 is 54.0 Å². The first-order chi connectivity index (χ1) is 27.7. The van der Waals surface area contributed by atoms with Gasteiger partial charge in [0.2, 0.25) is 11.8 Å². The molecular weight excluding hydrogens is 822 g/mol. The number of carbonyl (C=O) groups excluding carboxylic acids is 3. The second kappa shape index (κ2) is 25.4. The Kier molecular flexibility index (Phi) is 20.8. The summed E-state index contributed by atoms with van der Waals surface area (Å²) in [6.07, 6.45) is 1.39. The molecular formula is C39H54BrN7O11. The van der Waals surface area contributed by atoms with Crippen LogP contribution in [0.3, 0.4) is 0 Å². The molecule has 3 rings (SSSR count). The van der Waals surface area contributed by atoms with Crippen molar-refractivity contribution in [3.05, 3.63) is 69.7 Å². The molecule has 1 saturated heterocycles. The van der Waals surface area contributed by atoms with Gasteiger partial charge < -0.3 is 36.4 Å². The Balaban J connectivity index is 1.47. The third-order valence-corrected chi connectivity index (χ3v) is 10.1. The first-order valence-corrected chi connectivity index (χ1v) is 19.9. The largest absolute Gasteiger partial charge is 0.480 e. The number of carboxylic acid groups (broad SMARTS) is 4. The fourth-order valence-corrected chi connectivity index (χ4v) is 6.58. The van der Waals surface area contributed by atoms with Gasteiger partial charge in [-0.1, -0.05) is 40.2 Å². The number of nitrogens with one attached hydrogen (secondary N) is 3. The lowest BCUT2D eigenvalue weighted by Crippen LogP contribution is -2.52. The highest BCUT2D eigenvalue weighted by Gasteiger charge is 2.28. The minimum absolute atomic E-state index is 0.0603. The molecule has 3 amide bonds. The highest BCUT2D eigenvalue weighted by Crippen LogP contribution is 2.13. The number of hydrogen-bond acceptors (Lipinski definition) is 11. The maximum absolute atomic E-state index is 12.9. The second-order valence-corrected chi connectivity index (χ2v) is 14.9. The number of aliphatic carboxylic acids is 4. The van der Waals surface area contributed by atoms with Crippen LogP contribution in [0.5, 0.6) is 0 Å².